The van der Waals surface area contributed by atoms with Crippen LogP contribution in [-0.2, 0) is 6.42 Å². The van der Waals surface area contributed by atoms with Crippen molar-refractivity contribution in [1.29, 1.82) is 0 Å². The first-order valence-corrected chi connectivity index (χ1v) is 5.82. The second kappa shape index (κ2) is 6.48. The lowest BCUT2D eigenvalue weighted by Crippen LogP contribution is -2.31. The van der Waals surface area contributed by atoms with Gasteiger partial charge in [-0.15, -0.1) is 0 Å². The SMILES string of the molecule is CNC(CCc1cncc(OC)c1)C(C)C. The quantitative estimate of drug-likeness (QED) is 0.801. The molecule has 1 heterocycles. The van der Waals surface area contributed by atoms with Gasteiger partial charge in [0.15, 0.2) is 0 Å². The molecule has 3 heteroatoms. The van der Waals surface area contributed by atoms with Crippen LogP contribution >= 0.6 is 0 Å². The zero-order chi connectivity index (χ0) is 12.0. The number of aryl methyl sites for hydroxylation is 1. The average molecular weight is 222 g/mol. The van der Waals surface area contributed by atoms with E-state index in [1.54, 1.807) is 13.3 Å². The summed E-state index contributed by atoms with van der Waals surface area (Å²) in [6.07, 6.45) is 5.81. The van der Waals surface area contributed by atoms with Gasteiger partial charge in [-0.2, -0.15) is 0 Å². The summed E-state index contributed by atoms with van der Waals surface area (Å²) in [5, 5.41) is 3.35. The van der Waals surface area contributed by atoms with E-state index in [1.807, 2.05) is 13.2 Å². The molecule has 0 aliphatic rings. The molecule has 0 saturated heterocycles. The standard InChI is InChI=1S/C13H22N2O/c1-10(2)13(14-3)6-5-11-7-12(16-4)9-15-8-11/h7-10,13-14H,5-6H2,1-4H3. The fraction of sp³-hybridized carbons (Fsp3) is 0.615. The number of methoxy groups -OCH3 is 1. The van der Waals surface area contributed by atoms with Crippen LogP contribution in [0.3, 0.4) is 0 Å². The van der Waals surface area contributed by atoms with Crippen LogP contribution in [0.4, 0.5) is 0 Å². The first-order chi connectivity index (χ1) is 7.67. The highest BCUT2D eigenvalue weighted by Gasteiger charge is 2.10. The Morgan fingerprint density at radius 2 is 2.12 bits per heavy atom. The number of aromatic nitrogens is 1. The Balaban J connectivity index is 2.53. The highest BCUT2D eigenvalue weighted by Crippen LogP contribution is 2.14. The van der Waals surface area contributed by atoms with Gasteiger partial charge in [-0.1, -0.05) is 13.8 Å². The Morgan fingerprint density at radius 1 is 1.38 bits per heavy atom. The minimum Gasteiger partial charge on any atom is -0.495 e. The van der Waals surface area contributed by atoms with Gasteiger partial charge in [0.05, 0.1) is 13.3 Å². The van der Waals surface area contributed by atoms with Crippen LogP contribution in [0.2, 0.25) is 0 Å². The molecule has 1 N–H and O–H groups in total. The molecule has 0 aromatic carbocycles. The molecule has 90 valence electrons. The molecule has 1 aromatic rings. The minimum atomic E-state index is 0.561. The number of nitrogens with zero attached hydrogens (tertiary/aromatic N) is 1. The zero-order valence-electron chi connectivity index (χ0n) is 10.7. The first-order valence-electron chi connectivity index (χ1n) is 5.82. The summed E-state index contributed by atoms with van der Waals surface area (Å²) in [5.41, 5.74) is 1.24. The number of hydrogen-bond acceptors (Lipinski definition) is 3. The van der Waals surface area contributed by atoms with Crippen LogP contribution in [0.1, 0.15) is 25.8 Å². The summed E-state index contributed by atoms with van der Waals surface area (Å²) in [5.74, 6) is 1.49. The largest absolute Gasteiger partial charge is 0.495 e. The number of hydrogen-bond donors (Lipinski definition) is 1. The highest BCUT2D eigenvalue weighted by atomic mass is 16.5. The lowest BCUT2D eigenvalue weighted by molar-refractivity contribution is 0.400. The van der Waals surface area contributed by atoms with Crippen molar-refractivity contribution < 1.29 is 4.74 Å². The normalized spacial score (nSPS) is 12.8. The number of ether oxygens (including phenoxy) is 1. The third-order valence-corrected chi connectivity index (χ3v) is 2.93. The van der Waals surface area contributed by atoms with Crippen LogP contribution in [-0.4, -0.2) is 25.2 Å². The Morgan fingerprint density at radius 3 is 2.69 bits per heavy atom. The summed E-state index contributed by atoms with van der Waals surface area (Å²) in [6, 6.07) is 2.62. The lowest BCUT2D eigenvalue weighted by Gasteiger charge is -2.19. The molecule has 3 nitrogen and oxygen atoms in total. The van der Waals surface area contributed by atoms with Crippen molar-refractivity contribution >= 4 is 0 Å². The van der Waals surface area contributed by atoms with Gasteiger partial charge in [0.2, 0.25) is 0 Å². The lowest BCUT2D eigenvalue weighted by atomic mass is 9.97. The highest BCUT2D eigenvalue weighted by molar-refractivity contribution is 5.23. The van der Waals surface area contributed by atoms with Gasteiger partial charge >= 0.3 is 0 Å². The molecule has 0 aliphatic heterocycles. The summed E-state index contributed by atoms with van der Waals surface area (Å²) in [7, 11) is 3.69. The fourth-order valence-electron chi connectivity index (χ4n) is 1.85. The molecule has 0 bridgehead atoms. The van der Waals surface area contributed by atoms with Crippen molar-refractivity contribution in [2.24, 2.45) is 5.92 Å². The maximum atomic E-state index is 5.16. The van der Waals surface area contributed by atoms with Crippen LogP contribution in [0.15, 0.2) is 18.5 Å². The van der Waals surface area contributed by atoms with Crippen molar-refractivity contribution in [3.05, 3.63) is 24.0 Å². The van der Waals surface area contributed by atoms with Gasteiger partial charge in [-0.3, -0.25) is 4.98 Å². The monoisotopic (exact) mass is 222 g/mol. The van der Waals surface area contributed by atoms with Crippen LogP contribution < -0.4 is 10.1 Å². The second-order valence-corrected chi connectivity index (χ2v) is 4.41. The van der Waals surface area contributed by atoms with E-state index < -0.39 is 0 Å². The molecule has 0 spiro atoms. The molecule has 1 unspecified atom stereocenters. The van der Waals surface area contributed by atoms with Crippen LogP contribution in [0.5, 0.6) is 5.75 Å². The molecule has 0 radical (unpaired) electrons. The molecular formula is C13H22N2O. The van der Waals surface area contributed by atoms with Gasteiger partial charge in [0, 0.05) is 12.2 Å². The third-order valence-electron chi connectivity index (χ3n) is 2.93. The van der Waals surface area contributed by atoms with Crippen molar-refractivity contribution in [2.45, 2.75) is 32.7 Å². The van der Waals surface area contributed by atoms with E-state index in [0.717, 1.165) is 18.6 Å². The van der Waals surface area contributed by atoms with E-state index in [2.05, 4.69) is 30.2 Å². The molecule has 0 fully saturated rings. The number of rotatable bonds is 6. The topological polar surface area (TPSA) is 34.2 Å². The van der Waals surface area contributed by atoms with Gasteiger partial charge < -0.3 is 10.1 Å². The smallest absolute Gasteiger partial charge is 0.137 e. The van der Waals surface area contributed by atoms with E-state index in [1.165, 1.54) is 5.56 Å². The summed E-state index contributed by atoms with van der Waals surface area (Å²) in [4.78, 5) is 4.16. The Bertz CT molecular complexity index is 313. The van der Waals surface area contributed by atoms with E-state index in [0.29, 0.717) is 12.0 Å². The van der Waals surface area contributed by atoms with Crippen LogP contribution in [0, 0.1) is 5.92 Å². The average Bonchev–Trinajstić information content (AvgIpc) is 2.29. The van der Waals surface area contributed by atoms with Crippen LogP contribution in [0.25, 0.3) is 0 Å². The van der Waals surface area contributed by atoms with Crippen molar-refractivity contribution in [3.63, 3.8) is 0 Å². The first kappa shape index (κ1) is 13.0. The van der Waals surface area contributed by atoms with Crippen molar-refractivity contribution in [3.8, 4) is 5.75 Å². The molecule has 1 atom stereocenters. The number of pyridine rings is 1. The van der Waals surface area contributed by atoms with E-state index >= 15 is 0 Å². The van der Waals surface area contributed by atoms with E-state index in [-0.39, 0.29) is 0 Å². The molecule has 16 heavy (non-hydrogen) atoms. The van der Waals surface area contributed by atoms with E-state index in [4.69, 9.17) is 4.74 Å². The molecule has 1 rings (SSSR count). The van der Waals surface area contributed by atoms with Gasteiger partial charge in [0.1, 0.15) is 5.75 Å². The van der Waals surface area contributed by atoms with Crippen molar-refractivity contribution in [2.75, 3.05) is 14.2 Å². The van der Waals surface area contributed by atoms with Gasteiger partial charge in [-0.25, -0.2) is 0 Å². The molecule has 0 amide bonds. The number of nitrogens with one attached hydrogen (secondary N) is 1. The molecular weight excluding hydrogens is 200 g/mol. The van der Waals surface area contributed by atoms with E-state index in [9.17, 15) is 0 Å². The fourth-order valence-corrected chi connectivity index (χ4v) is 1.85. The zero-order valence-corrected chi connectivity index (χ0v) is 10.7. The summed E-state index contributed by atoms with van der Waals surface area (Å²) < 4.78 is 5.16. The van der Waals surface area contributed by atoms with Crippen molar-refractivity contribution in [1.82, 2.24) is 10.3 Å². The maximum Gasteiger partial charge on any atom is 0.137 e. The molecule has 0 saturated carbocycles. The molecule has 0 aliphatic carbocycles. The van der Waals surface area contributed by atoms with Gasteiger partial charge in [-0.05, 0) is 37.4 Å². The predicted octanol–water partition coefficient (Wildman–Crippen LogP) is 2.27. The third kappa shape index (κ3) is 3.81. The maximum absolute atomic E-state index is 5.16. The predicted molar refractivity (Wildman–Crippen MR) is 66.8 cm³/mol. The van der Waals surface area contributed by atoms with Gasteiger partial charge in [0.25, 0.3) is 0 Å². The molecule has 1 aromatic heterocycles. The Kier molecular flexibility index (Phi) is 5.26. The second-order valence-electron chi connectivity index (χ2n) is 4.41. The summed E-state index contributed by atoms with van der Waals surface area (Å²) in [6.45, 7) is 4.48. The minimum absolute atomic E-state index is 0.561. The Hall–Kier alpha value is -1.09. The summed E-state index contributed by atoms with van der Waals surface area (Å²) >= 11 is 0. The Labute approximate surface area is 98.2 Å².